The summed E-state index contributed by atoms with van der Waals surface area (Å²) in [7, 11) is 0. The summed E-state index contributed by atoms with van der Waals surface area (Å²) in [5.41, 5.74) is 1.33. The number of carbonyl (C=O) groups excluding carboxylic acids is 1. The van der Waals surface area contributed by atoms with Gasteiger partial charge in [-0.3, -0.25) is 14.6 Å². The highest BCUT2D eigenvalue weighted by atomic mass is 79.9. The van der Waals surface area contributed by atoms with Gasteiger partial charge in [0.05, 0.1) is 11.4 Å². The van der Waals surface area contributed by atoms with Crippen molar-refractivity contribution >= 4 is 72.3 Å². The monoisotopic (exact) mass is 573 g/mol. The van der Waals surface area contributed by atoms with Crippen LogP contribution in [0.15, 0.2) is 85.9 Å². The van der Waals surface area contributed by atoms with Gasteiger partial charge in [0.15, 0.2) is 5.65 Å². The second-order valence-corrected chi connectivity index (χ2v) is 9.96. The smallest absolute Gasteiger partial charge is 0.334 e. The molecule has 0 saturated heterocycles. The van der Waals surface area contributed by atoms with Crippen LogP contribution in [0.4, 0.5) is 5.82 Å². The number of fused-ring (bicyclic) bond motifs is 4. The molecular formula is C25H16BrN7O3S. The summed E-state index contributed by atoms with van der Waals surface area (Å²) in [6.45, 7) is 0. The first-order chi connectivity index (χ1) is 18.0. The number of nitrogens with one attached hydrogen (secondary N) is 3. The molecule has 10 nitrogen and oxygen atoms in total. The predicted octanol–water partition coefficient (Wildman–Crippen LogP) is 3.99. The van der Waals surface area contributed by atoms with Crippen LogP contribution in [0, 0.1) is 0 Å². The molecule has 3 heterocycles. The van der Waals surface area contributed by atoms with Gasteiger partial charge in [-0.2, -0.15) is 0 Å². The van der Waals surface area contributed by atoms with Gasteiger partial charge >= 0.3 is 5.69 Å². The number of hydrogen-bond acceptors (Lipinski definition) is 7. The summed E-state index contributed by atoms with van der Waals surface area (Å²) in [4.78, 5) is 47.7. The first-order valence-corrected chi connectivity index (χ1v) is 12.8. The van der Waals surface area contributed by atoms with E-state index in [0.717, 1.165) is 37.9 Å². The topological polar surface area (TPSA) is 138 Å². The first-order valence-electron chi connectivity index (χ1n) is 11.0. The number of rotatable bonds is 5. The van der Waals surface area contributed by atoms with Gasteiger partial charge in [0.1, 0.15) is 11.3 Å². The SMILES string of the molecule is O=C(CSc1nnc2c(n1)[nH]c1ccc(Br)cc12)Nc1cc(=O)[nH]c(=O)n1-c1cccc2ccccc12. The Labute approximate surface area is 220 Å². The van der Waals surface area contributed by atoms with Crippen molar-refractivity contribution in [3.8, 4) is 5.69 Å². The number of thioether (sulfide) groups is 1. The minimum atomic E-state index is -0.657. The quantitative estimate of drug-likeness (QED) is 0.265. The highest BCUT2D eigenvalue weighted by Gasteiger charge is 2.15. The summed E-state index contributed by atoms with van der Waals surface area (Å²) in [5.74, 6) is -0.435. The van der Waals surface area contributed by atoms with Gasteiger partial charge in [-0.1, -0.05) is 64.1 Å². The Bertz CT molecular complexity index is 1960. The van der Waals surface area contributed by atoms with Gasteiger partial charge in [-0.05, 0) is 29.7 Å². The zero-order chi connectivity index (χ0) is 25.5. The lowest BCUT2D eigenvalue weighted by Gasteiger charge is -2.15. The molecule has 182 valence electrons. The van der Waals surface area contributed by atoms with Crippen molar-refractivity contribution < 1.29 is 4.79 Å². The van der Waals surface area contributed by atoms with Crippen molar-refractivity contribution in [2.45, 2.75) is 5.16 Å². The number of amides is 1. The van der Waals surface area contributed by atoms with Gasteiger partial charge in [-0.15, -0.1) is 10.2 Å². The lowest BCUT2D eigenvalue weighted by molar-refractivity contribution is -0.113. The van der Waals surface area contributed by atoms with Crippen LogP contribution < -0.4 is 16.6 Å². The molecule has 3 aromatic heterocycles. The van der Waals surface area contributed by atoms with Crippen molar-refractivity contribution in [3.63, 3.8) is 0 Å². The van der Waals surface area contributed by atoms with E-state index in [1.807, 2.05) is 48.5 Å². The number of aromatic nitrogens is 6. The van der Waals surface area contributed by atoms with E-state index in [4.69, 9.17) is 0 Å². The van der Waals surface area contributed by atoms with Crippen LogP contribution in [0.5, 0.6) is 0 Å². The van der Waals surface area contributed by atoms with E-state index >= 15 is 0 Å². The molecule has 6 aromatic rings. The molecule has 1 amide bonds. The van der Waals surface area contributed by atoms with Crippen molar-refractivity contribution in [3.05, 3.63) is 92.0 Å². The number of halogens is 1. The largest absolute Gasteiger partial charge is 0.338 e. The fraction of sp³-hybridized carbons (Fsp3) is 0.0400. The Morgan fingerprint density at radius 3 is 2.70 bits per heavy atom. The second kappa shape index (κ2) is 9.30. The third kappa shape index (κ3) is 4.41. The fourth-order valence-electron chi connectivity index (χ4n) is 4.13. The molecule has 0 aliphatic heterocycles. The van der Waals surface area contributed by atoms with Crippen LogP contribution in [-0.2, 0) is 4.79 Å². The van der Waals surface area contributed by atoms with E-state index in [-0.39, 0.29) is 11.6 Å². The molecule has 6 rings (SSSR count). The zero-order valence-corrected chi connectivity index (χ0v) is 21.3. The maximum atomic E-state index is 12.8. The van der Waals surface area contributed by atoms with Crippen LogP contribution in [-0.4, -0.2) is 41.4 Å². The van der Waals surface area contributed by atoms with Gasteiger partial charge in [0.2, 0.25) is 11.1 Å². The molecule has 0 aliphatic carbocycles. The minimum Gasteiger partial charge on any atom is -0.338 e. The summed E-state index contributed by atoms with van der Waals surface area (Å²) in [6, 6.07) is 20.0. The highest BCUT2D eigenvalue weighted by Crippen LogP contribution is 2.27. The van der Waals surface area contributed by atoms with Crippen LogP contribution in [0.2, 0.25) is 0 Å². The summed E-state index contributed by atoms with van der Waals surface area (Å²) in [5, 5.41) is 14.0. The number of anilines is 1. The third-order valence-electron chi connectivity index (χ3n) is 5.71. The summed E-state index contributed by atoms with van der Waals surface area (Å²) >= 11 is 4.54. The van der Waals surface area contributed by atoms with Gasteiger partial charge in [0.25, 0.3) is 5.56 Å². The molecule has 12 heteroatoms. The lowest BCUT2D eigenvalue weighted by atomic mass is 10.1. The standard InChI is InChI=1S/C25H16BrN7O3S/c26-14-8-9-17-16(10-14)22-23(27-17)30-24(32-31-22)37-12-21(35)28-19-11-20(34)29-25(36)33(19)18-7-3-5-13-4-1-2-6-15(13)18/h1-11H,12H2,(H,28,35)(H,27,30,32)(H,29,34,36). The molecule has 3 N–H and O–H groups in total. The number of carbonyl (C=O) groups is 1. The fourth-order valence-corrected chi connectivity index (χ4v) is 5.08. The Hall–Kier alpha value is -4.29. The van der Waals surface area contributed by atoms with E-state index < -0.39 is 17.2 Å². The van der Waals surface area contributed by atoms with Crippen molar-refractivity contribution in [1.82, 2.24) is 29.7 Å². The average molecular weight is 574 g/mol. The van der Waals surface area contributed by atoms with Crippen molar-refractivity contribution in [1.29, 1.82) is 0 Å². The Morgan fingerprint density at radius 1 is 0.973 bits per heavy atom. The number of H-pyrrole nitrogens is 2. The maximum absolute atomic E-state index is 12.8. The minimum absolute atomic E-state index is 0.0600. The van der Waals surface area contributed by atoms with E-state index in [1.165, 1.54) is 10.6 Å². The lowest BCUT2D eigenvalue weighted by Crippen LogP contribution is -2.32. The Balaban J connectivity index is 1.27. The number of hydrogen-bond donors (Lipinski definition) is 3. The molecule has 0 saturated carbocycles. The number of benzene rings is 3. The highest BCUT2D eigenvalue weighted by molar-refractivity contribution is 9.10. The maximum Gasteiger partial charge on any atom is 0.334 e. The molecule has 0 bridgehead atoms. The van der Waals surface area contributed by atoms with Crippen LogP contribution >= 0.6 is 27.7 Å². The Kier molecular flexibility index (Phi) is 5.81. The predicted molar refractivity (Wildman–Crippen MR) is 146 cm³/mol. The van der Waals surface area contributed by atoms with Crippen molar-refractivity contribution in [2.24, 2.45) is 0 Å². The molecule has 0 atom stereocenters. The molecule has 3 aromatic carbocycles. The molecule has 0 radical (unpaired) electrons. The molecular weight excluding hydrogens is 558 g/mol. The van der Waals surface area contributed by atoms with Gasteiger partial charge < -0.3 is 10.3 Å². The number of aromatic amines is 2. The molecule has 0 spiro atoms. The van der Waals surface area contributed by atoms with Gasteiger partial charge in [0, 0.05) is 26.8 Å². The first kappa shape index (κ1) is 23.1. The average Bonchev–Trinajstić information content (AvgIpc) is 3.24. The van der Waals surface area contributed by atoms with E-state index in [9.17, 15) is 14.4 Å². The van der Waals surface area contributed by atoms with Crippen LogP contribution in [0.25, 0.3) is 38.5 Å². The van der Waals surface area contributed by atoms with Crippen LogP contribution in [0.3, 0.4) is 0 Å². The van der Waals surface area contributed by atoms with Crippen molar-refractivity contribution in [2.75, 3.05) is 11.1 Å². The zero-order valence-electron chi connectivity index (χ0n) is 18.9. The molecule has 0 aliphatic rings. The molecule has 37 heavy (non-hydrogen) atoms. The number of nitrogens with zero attached hydrogens (tertiary/aromatic N) is 4. The van der Waals surface area contributed by atoms with E-state index in [0.29, 0.717) is 22.0 Å². The van der Waals surface area contributed by atoms with Crippen LogP contribution in [0.1, 0.15) is 0 Å². The summed E-state index contributed by atoms with van der Waals surface area (Å²) in [6.07, 6.45) is 0. The normalized spacial score (nSPS) is 11.4. The third-order valence-corrected chi connectivity index (χ3v) is 7.04. The Morgan fingerprint density at radius 2 is 1.81 bits per heavy atom. The summed E-state index contributed by atoms with van der Waals surface area (Å²) < 4.78 is 2.19. The van der Waals surface area contributed by atoms with E-state index in [1.54, 1.807) is 12.1 Å². The van der Waals surface area contributed by atoms with E-state index in [2.05, 4.69) is 46.4 Å². The van der Waals surface area contributed by atoms with Gasteiger partial charge in [-0.25, -0.2) is 14.3 Å². The molecule has 0 fully saturated rings. The second-order valence-electron chi connectivity index (χ2n) is 8.10. The molecule has 0 unspecified atom stereocenters.